The van der Waals surface area contributed by atoms with Crippen molar-refractivity contribution in [2.24, 2.45) is 17.6 Å². The van der Waals surface area contributed by atoms with Gasteiger partial charge in [0.1, 0.15) is 5.58 Å². The molecule has 0 radical (unpaired) electrons. The molecule has 0 unspecified atom stereocenters. The third-order valence-electron chi connectivity index (χ3n) is 9.66. The number of likely N-dealkylation sites (tertiary alicyclic amines) is 1. The highest BCUT2D eigenvalue weighted by Gasteiger charge is 2.28. The van der Waals surface area contributed by atoms with Crippen molar-refractivity contribution in [3.05, 3.63) is 54.3 Å². The number of anilines is 3. The fourth-order valence-electron chi connectivity index (χ4n) is 7.09. The summed E-state index contributed by atoms with van der Waals surface area (Å²) in [5.74, 6) is -0.0540. The van der Waals surface area contributed by atoms with Crippen LogP contribution >= 0.6 is 0 Å². The van der Waals surface area contributed by atoms with Crippen LogP contribution in [0.2, 0.25) is 0 Å². The van der Waals surface area contributed by atoms with Crippen LogP contribution in [0.25, 0.3) is 11.0 Å². The van der Waals surface area contributed by atoms with Crippen molar-refractivity contribution in [1.29, 1.82) is 0 Å². The van der Waals surface area contributed by atoms with Crippen molar-refractivity contribution in [3.63, 3.8) is 0 Å². The summed E-state index contributed by atoms with van der Waals surface area (Å²) in [6, 6.07) is 15.3. The monoisotopic (exact) mass is 600 g/mol. The molecule has 2 aromatic carbocycles. The van der Waals surface area contributed by atoms with Gasteiger partial charge in [0.2, 0.25) is 5.91 Å². The molecule has 0 atom stereocenters. The van der Waals surface area contributed by atoms with Crippen molar-refractivity contribution >= 4 is 45.9 Å². The van der Waals surface area contributed by atoms with E-state index in [9.17, 15) is 14.4 Å². The smallest absolute Gasteiger partial charge is 0.319 e. The van der Waals surface area contributed by atoms with Crippen LogP contribution in [0.1, 0.15) is 68.3 Å². The van der Waals surface area contributed by atoms with Crippen LogP contribution in [0.4, 0.5) is 21.9 Å². The van der Waals surface area contributed by atoms with E-state index in [-0.39, 0.29) is 29.5 Å². The first kappa shape index (κ1) is 30.0. The molecular formula is C34H44N6O4. The van der Waals surface area contributed by atoms with Crippen LogP contribution in [0, 0.1) is 11.8 Å². The van der Waals surface area contributed by atoms with E-state index < -0.39 is 0 Å². The SMILES string of the molecule is NC(=O)C1CCC(CNC(=O)Nc2ccc(N3CCC(N4CCCCC4)CC3)c(NC(=O)c3cc4ccccc4o3)c2)CC1. The van der Waals surface area contributed by atoms with Crippen molar-refractivity contribution in [2.45, 2.75) is 63.8 Å². The summed E-state index contributed by atoms with van der Waals surface area (Å²) in [5, 5.41) is 9.86. The van der Waals surface area contributed by atoms with Crippen LogP contribution < -0.4 is 26.6 Å². The van der Waals surface area contributed by atoms with Gasteiger partial charge >= 0.3 is 6.03 Å². The van der Waals surface area contributed by atoms with Crippen molar-refractivity contribution in [1.82, 2.24) is 10.2 Å². The number of urea groups is 1. The lowest BCUT2D eigenvalue weighted by molar-refractivity contribution is -0.122. The Bertz CT molecular complexity index is 1430. The Hall–Kier alpha value is -4.05. The van der Waals surface area contributed by atoms with Gasteiger partial charge in [-0.15, -0.1) is 0 Å². The molecule has 1 saturated carbocycles. The summed E-state index contributed by atoms with van der Waals surface area (Å²) in [7, 11) is 0. The lowest BCUT2D eigenvalue weighted by Gasteiger charge is -2.41. The highest BCUT2D eigenvalue weighted by atomic mass is 16.3. The summed E-state index contributed by atoms with van der Waals surface area (Å²) < 4.78 is 5.84. The van der Waals surface area contributed by atoms with E-state index in [4.69, 9.17) is 10.2 Å². The number of amides is 4. The van der Waals surface area contributed by atoms with E-state index in [1.807, 2.05) is 42.5 Å². The van der Waals surface area contributed by atoms with Crippen LogP contribution in [-0.2, 0) is 4.79 Å². The number of benzene rings is 2. The molecule has 234 valence electrons. The summed E-state index contributed by atoms with van der Waals surface area (Å²) >= 11 is 0. The van der Waals surface area contributed by atoms with E-state index in [0.717, 1.165) is 62.7 Å². The molecule has 6 rings (SSSR count). The maximum Gasteiger partial charge on any atom is 0.319 e. The Labute approximate surface area is 258 Å². The third kappa shape index (κ3) is 7.18. The first-order valence-electron chi connectivity index (χ1n) is 16.2. The van der Waals surface area contributed by atoms with Crippen LogP contribution in [0.5, 0.6) is 0 Å². The molecular weight excluding hydrogens is 556 g/mol. The van der Waals surface area contributed by atoms with E-state index in [0.29, 0.717) is 35.5 Å². The molecule has 4 amide bonds. The van der Waals surface area contributed by atoms with Gasteiger partial charge < -0.3 is 35.9 Å². The Morgan fingerprint density at radius 1 is 0.841 bits per heavy atom. The molecule has 10 heteroatoms. The predicted molar refractivity (Wildman–Crippen MR) is 173 cm³/mol. The Morgan fingerprint density at radius 3 is 2.32 bits per heavy atom. The van der Waals surface area contributed by atoms with Gasteiger partial charge in [0.25, 0.3) is 5.91 Å². The fraction of sp³-hybridized carbons (Fsp3) is 0.500. The van der Waals surface area contributed by atoms with Gasteiger partial charge in [0, 0.05) is 42.7 Å². The minimum Gasteiger partial charge on any atom is -0.451 e. The molecule has 44 heavy (non-hydrogen) atoms. The van der Waals surface area contributed by atoms with Crippen LogP contribution in [-0.4, -0.2) is 61.5 Å². The van der Waals surface area contributed by atoms with Crippen molar-refractivity contribution < 1.29 is 18.8 Å². The largest absolute Gasteiger partial charge is 0.451 e. The quantitative estimate of drug-likeness (QED) is 0.268. The van der Waals surface area contributed by atoms with Gasteiger partial charge in [0.05, 0.1) is 11.4 Å². The molecule has 0 bridgehead atoms. The highest BCUT2D eigenvalue weighted by molar-refractivity contribution is 6.06. The average molecular weight is 601 g/mol. The number of piperidine rings is 2. The normalized spacial score (nSPS) is 21.6. The third-order valence-corrected chi connectivity index (χ3v) is 9.66. The number of nitrogens with one attached hydrogen (secondary N) is 3. The first-order chi connectivity index (χ1) is 21.4. The number of carbonyl (C=O) groups is 3. The van der Waals surface area contributed by atoms with Crippen LogP contribution in [0.15, 0.2) is 52.9 Å². The van der Waals surface area contributed by atoms with Gasteiger partial charge in [-0.1, -0.05) is 24.6 Å². The molecule has 3 heterocycles. The number of primary amides is 1. The van der Waals surface area contributed by atoms with Crippen molar-refractivity contribution in [2.75, 3.05) is 48.3 Å². The topological polar surface area (TPSA) is 133 Å². The number of hydrogen-bond donors (Lipinski definition) is 4. The molecule has 3 aromatic rings. The Balaban J connectivity index is 1.13. The molecule has 2 saturated heterocycles. The molecule has 3 aliphatic rings. The second-order valence-electron chi connectivity index (χ2n) is 12.6. The summed E-state index contributed by atoms with van der Waals surface area (Å²) in [6.07, 6.45) is 9.36. The molecule has 1 aromatic heterocycles. The molecule has 3 fully saturated rings. The van der Waals surface area contributed by atoms with Gasteiger partial charge in [0.15, 0.2) is 5.76 Å². The standard InChI is InChI=1S/C34H44N6O4/c35-32(41)24-10-8-23(9-11-24)22-36-34(43)37-26-12-13-29(40-18-14-27(15-19-40)39-16-4-1-5-17-39)28(21-26)38-33(42)31-20-25-6-2-3-7-30(25)44-31/h2-3,6-7,12-13,20-21,23-24,27H,1,4-5,8-11,14-19,22H2,(H2,35,41)(H,38,42)(H2,36,37,43). The number of nitrogens with two attached hydrogens (primary N) is 1. The van der Waals surface area contributed by atoms with E-state index in [1.54, 1.807) is 6.07 Å². The number of para-hydroxylation sites is 1. The second-order valence-corrected chi connectivity index (χ2v) is 12.6. The lowest BCUT2D eigenvalue weighted by atomic mass is 9.82. The number of carbonyl (C=O) groups excluding carboxylic acids is 3. The van der Waals surface area contributed by atoms with Gasteiger partial charge in [-0.05, 0) is 101 Å². The van der Waals surface area contributed by atoms with E-state index >= 15 is 0 Å². The van der Waals surface area contributed by atoms with E-state index in [2.05, 4.69) is 25.8 Å². The molecule has 5 N–H and O–H groups in total. The number of furan rings is 1. The number of hydrogen-bond acceptors (Lipinski definition) is 6. The maximum atomic E-state index is 13.4. The second kappa shape index (κ2) is 13.7. The predicted octanol–water partition coefficient (Wildman–Crippen LogP) is 5.55. The fourth-order valence-corrected chi connectivity index (χ4v) is 7.09. The molecule has 1 aliphatic carbocycles. The average Bonchev–Trinajstić information content (AvgIpc) is 3.50. The minimum absolute atomic E-state index is 0.0534. The minimum atomic E-state index is -0.334. The Kier molecular flexibility index (Phi) is 9.35. The first-order valence-corrected chi connectivity index (χ1v) is 16.2. The summed E-state index contributed by atoms with van der Waals surface area (Å²) in [6.45, 7) is 4.73. The highest BCUT2D eigenvalue weighted by Crippen LogP contribution is 2.34. The molecule has 0 spiro atoms. The lowest BCUT2D eigenvalue weighted by Crippen LogP contribution is -2.46. The number of fused-ring (bicyclic) bond motifs is 1. The van der Waals surface area contributed by atoms with Gasteiger partial charge in [-0.2, -0.15) is 0 Å². The molecule has 2 aliphatic heterocycles. The zero-order valence-electron chi connectivity index (χ0n) is 25.4. The van der Waals surface area contributed by atoms with Crippen molar-refractivity contribution in [3.8, 4) is 0 Å². The number of rotatable bonds is 8. The Morgan fingerprint density at radius 2 is 1.59 bits per heavy atom. The molecule has 10 nitrogen and oxygen atoms in total. The zero-order chi connectivity index (χ0) is 30.5. The maximum absolute atomic E-state index is 13.4. The zero-order valence-corrected chi connectivity index (χ0v) is 25.4. The number of nitrogens with zero attached hydrogens (tertiary/aromatic N) is 2. The van der Waals surface area contributed by atoms with Crippen LogP contribution in [0.3, 0.4) is 0 Å². The summed E-state index contributed by atoms with van der Waals surface area (Å²) in [5.41, 5.74) is 8.27. The van der Waals surface area contributed by atoms with Gasteiger partial charge in [-0.3, -0.25) is 9.59 Å². The van der Waals surface area contributed by atoms with E-state index in [1.165, 1.54) is 32.4 Å². The van der Waals surface area contributed by atoms with Gasteiger partial charge in [-0.25, -0.2) is 4.79 Å². The summed E-state index contributed by atoms with van der Waals surface area (Å²) in [4.78, 5) is 42.7.